The van der Waals surface area contributed by atoms with Gasteiger partial charge in [0.2, 0.25) is 5.88 Å². The van der Waals surface area contributed by atoms with Crippen molar-refractivity contribution in [1.82, 2.24) is 14.8 Å². The molecule has 0 radical (unpaired) electrons. The lowest BCUT2D eigenvalue weighted by Gasteiger charge is -2.03. The summed E-state index contributed by atoms with van der Waals surface area (Å²) in [6.07, 6.45) is 0. The molecular weight excluding hydrogens is 347 g/mol. The fourth-order valence-corrected chi connectivity index (χ4v) is 2.20. The first-order chi connectivity index (χ1) is 9.90. The molecule has 0 N–H and O–H groups in total. The maximum Gasteiger partial charge on any atom is 0.388 e. The minimum atomic E-state index is -3.00. The molecule has 2 heterocycles. The van der Waals surface area contributed by atoms with E-state index in [0.29, 0.717) is 5.56 Å². The van der Waals surface area contributed by atoms with Gasteiger partial charge in [-0.3, -0.25) is 0 Å². The van der Waals surface area contributed by atoms with Gasteiger partial charge < -0.3 is 4.74 Å². The van der Waals surface area contributed by atoms with Crippen molar-refractivity contribution in [2.45, 2.75) is 20.5 Å². The highest BCUT2D eigenvalue weighted by atomic mass is 35.5. The molecule has 4 nitrogen and oxygen atoms in total. The number of hydrogen-bond acceptors (Lipinski definition) is 3. The van der Waals surface area contributed by atoms with Crippen molar-refractivity contribution in [3.63, 3.8) is 0 Å². The smallest absolute Gasteiger partial charge is 0.388 e. The molecule has 0 unspecified atom stereocenters. The van der Waals surface area contributed by atoms with Crippen LogP contribution in [0.1, 0.15) is 13.8 Å². The molecule has 0 aliphatic rings. The van der Waals surface area contributed by atoms with E-state index in [1.807, 2.05) is 13.8 Å². The van der Waals surface area contributed by atoms with Crippen molar-refractivity contribution in [2.24, 2.45) is 7.05 Å². The van der Waals surface area contributed by atoms with Crippen LogP contribution in [0.15, 0.2) is 12.1 Å². The fraction of sp³-hybridized carbons (Fsp3) is 0.333. The summed E-state index contributed by atoms with van der Waals surface area (Å²) in [5, 5.41) is 4.17. The Labute approximate surface area is 135 Å². The molecule has 116 valence electrons. The summed E-state index contributed by atoms with van der Waals surface area (Å²) in [5.41, 5.74) is 0.560. The highest BCUT2D eigenvalue weighted by molar-refractivity contribution is 6.37. The molecule has 0 saturated carbocycles. The molecule has 0 amide bonds. The Hall–Kier alpha value is -1.11. The summed E-state index contributed by atoms with van der Waals surface area (Å²) in [6, 6.07) is 3.03. The first-order valence-electron chi connectivity index (χ1n) is 5.90. The standard InChI is InChI=1S/C10H6Cl3F2N3O.C2H6/c1-18-9(19-10(14)15)6(12)7(17-18)4-2-3-5(11)16-8(4)13;1-2/h2-3,10H,1H3;1-2H3. The third kappa shape index (κ3) is 4.18. The van der Waals surface area contributed by atoms with Gasteiger partial charge in [-0.05, 0) is 12.1 Å². The summed E-state index contributed by atoms with van der Waals surface area (Å²) in [5.74, 6) is -0.252. The van der Waals surface area contributed by atoms with Gasteiger partial charge in [0.1, 0.15) is 21.0 Å². The molecule has 0 saturated heterocycles. The van der Waals surface area contributed by atoms with E-state index in [2.05, 4.69) is 14.8 Å². The van der Waals surface area contributed by atoms with E-state index in [-0.39, 0.29) is 26.9 Å². The Morgan fingerprint density at radius 1 is 1.19 bits per heavy atom. The van der Waals surface area contributed by atoms with Crippen molar-refractivity contribution in [1.29, 1.82) is 0 Å². The van der Waals surface area contributed by atoms with Gasteiger partial charge in [-0.25, -0.2) is 9.67 Å². The van der Waals surface area contributed by atoms with E-state index in [4.69, 9.17) is 34.8 Å². The summed E-state index contributed by atoms with van der Waals surface area (Å²) in [7, 11) is 1.42. The van der Waals surface area contributed by atoms with Crippen LogP contribution >= 0.6 is 34.8 Å². The Morgan fingerprint density at radius 3 is 2.33 bits per heavy atom. The van der Waals surface area contributed by atoms with Gasteiger partial charge in [-0.15, -0.1) is 0 Å². The highest BCUT2D eigenvalue weighted by Gasteiger charge is 2.22. The number of rotatable bonds is 3. The lowest BCUT2D eigenvalue weighted by molar-refractivity contribution is -0.0552. The second-order valence-corrected chi connectivity index (χ2v) is 4.57. The van der Waals surface area contributed by atoms with E-state index in [9.17, 15) is 8.78 Å². The van der Waals surface area contributed by atoms with Crippen molar-refractivity contribution >= 4 is 34.8 Å². The minimum Gasteiger partial charge on any atom is -0.416 e. The highest BCUT2D eigenvalue weighted by Crippen LogP contribution is 2.38. The van der Waals surface area contributed by atoms with Gasteiger partial charge >= 0.3 is 6.61 Å². The van der Waals surface area contributed by atoms with Crippen LogP contribution in [0.5, 0.6) is 5.88 Å². The third-order valence-corrected chi connectivity index (χ3v) is 3.05. The van der Waals surface area contributed by atoms with Crippen molar-refractivity contribution < 1.29 is 13.5 Å². The number of pyridine rings is 1. The van der Waals surface area contributed by atoms with Gasteiger partial charge in [0, 0.05) is 12.6 Å². The maximum absolute atomic E-state index is 12.2. The zero-order chi connectivity index (χ0) is 16.2. The first-order valence-corrected chi connectivity index (χ1v) is 7.03. The largest absolute Gasteiger partial charge is 0.416 e. The predicted octanol–water partition coefficient (Wildman–Crippen LogP) is 5.07. The topological polar surface area (TPSA) is 39.9 Å². The summed E-state index contributed by atoms with van der Waals surface area (Å²) in [6.45, 7) is 1.000. The Balaban J connectivity index is 0.00000106. The molecule has 0 aliphatic carbocycles. The number of aryl methyl sites for hydroxylation is 1. The van der Waals surface area contributed by atoms with Crippen LogP contribution in [0, 0.1) is 0 Å². The minimum absolute atomic E-state index is 0.0658. The molecule has 9 heteroatoms. The molecule has 0 aromatic carbocycles. The number of halogens is 5. The predicted molar refractivity (Wildman–Crippen MR) is 79.4 cm³/mol. The van der Waals surface area contributed by atoms with Crippen LogP contribution in [-0.4, -0.2) is 21.4 Å². The average Bonchev–Trinajstić information content (AvgIpc) is 2.69. The van der Waals surface area contributed by atoms with E-state index in [1.165, 1.54) is 19.2 Å². The Bertz CT molecular complexity index is 620. The second kappa shape index (κ2) is 7.77. The zero-order valence-corrected chi connectivity index (χ0v) is 13.6. The Morgan fingerprint density at radius 2 is 1.81 bits per heavy atom. The number of alkyl halides is 2. The monoisotopic (exact) mass is 357 g/mol. The van der Waals surface area contributed by atoms with Gasteiger partial charge in [-0.2, -0.15) is 13.9 Å². The fourth-order valence-electron chi connectivity index (χ4n) is 1.46. The number of aromatic nitrogens is 3. The Kier molecular flexibility index (Phi) is 6.64. The number of ether oxygens (including phenoxy) is 1. The molecular formula is C12H12Cl3F2N3O. The molecule has 0 atom stereocenters. The van der Waals surface area contributed by atoms with Crippen molar-refractivity contribution in [3.8, 4) is 17.1 Å². The van der Waals surface area contributed by atoms with Gasteiger partial charge in [0.25, 0.3) is 0 Å². The van der Waals surface area contributed by atoms with Crippen molar-refractivity contribution in [3.05, 3.63) is 27.5 Å². The summed E-state index contributed by atoms with van der Waals surface area (Å²) in [4.78, 5) is 3.82. The summed E-state index contributed by atoms with van der Waals surface area (Å²) >= 11 is 17.5. The van der Waals surface area contributed by atoms with E-state index < -0.39 is 6.61 Å². The molecule has 0 fully saturated rings. The second-order valence-electron chi connectivity index (χ2n) is 3.44. The molecule has 0 aliphatic heterocycles. The third-order valence-electron chi connectivity index (χ3n) is 2.21. The van der Waals surface area contributed by atoms with Crippen LogP contribution in [0.4, 0.5) is 8.78 Å². The normalized spacial score (nSPS) is 10.3. The van der Waals surface area contributed by atoms with Crippen LogP contribution in [-0.2, 0) is 7.05 Å². The van der Waals surface area contributed by atoms with Crippen LogP contribution in [0.25, 0.3) is 11.3 Å². The molecule has 2 aromatic rings. The lowest BCUT2D eigenvalue weighted by atomic mass is 10.2. The summed E-state index contributed by atoms with van der Waals surface area (Å²) < 4.78 is 29.9. The van der Waals surface area contributed by atoms with E-state index in [0.717, 1.165) is 4.68 Å². The van der Waals surface area contributed by atoms with E-state index in [1.54, 1.807) is 0 Å². The molecule has 21 heavy (non-hydrogen) atoms. The zero-order valence-electron chi connectivity index (χ0n) is 11.4. The first kappa shape index (κ1) is 17.9. The lowest BCUT2D eigenvalue weighted by Crippen LogP contribution is -2.06. The number of nitrogens with zero attached hydrogens (tertiary/aromatic N) is 3. The van der Waals surface area contributed by atoms with Crippen molar-refractivity contribution in [2.75, 3.05) is 0 Å². The molecule has 0 spiro atoms. The van der Waals surface area contributed by atoms with Crippen LogP contribution in [0.3, 0.4) is 0 Å². The average molecular weight is 359 g/mol. The van der Waals surface area contributed by atoms with Gasteiger partial charge in [0.15, 0.2) is 0 Å². The number of hydrogen-bond donors (Lipinski definition) is 0. The van der Waals surface area contributed by atoms with Gasteiger partial charge in [0.05, 0.1) is 0 Å². The SMILES string of the molecule is CC.Cn1nc(-c2ccc(Cl)nc2Cl)c(Cl)c1OC(F)F. The molecule has 0 bridgehead atoms. The van der Waals surface area contributed by atoms with Crippen LogP contribution < -0.4 is 4.74 Å². The van der Waals surface area contributed by atoms with E-state index >= 15 is 0 Å². The van der Waals surface area contributed by atoms with Crippen LogP contribution in [0.2, 0.25) is 15.3 Å². The molecule has 2 rings (SSSR count). The molecule has 2 aromatic heterocycles. The quantitative estimate of drug-likeness (QED) is 0.719. The van der Waals surface area contributed by atoms with Gasteiger partial charge in [-0.1, -0.05) is 48.7 Å². The maximum atomic E-state index is 12.2.